The first-order valence-corrected chi connectivity index (χ1v) is 6.64. The summed E-state index contributed by atoms with van der Waals surface area (Å²) in [6, 6.07) is 2.40. The molecule has 2 aliphatic rings. The third kappa shape index (κ3) is 2.46. The van der Waals surface area contributed by atoms with Gasteiger partial charge in [-0.2, -0.15) is 0 Å². The largest absolute Gasteiger partial charge is 0.494 e. The van der Waals surface area contributed by atoms with Crippen LogP contribution in [0.5, 0.6) is 5.75 Å². The number of anilines is 2. The quantitative estimate of drug-likeness (QED) is 0.841. The topological polar surface area (TPSA) is 63.9 Å². The number of rotatable bonds is 3. The number of hydrogen-bond donors (Lipinski definition) is 1. The predicted octanol–water partition coefficient (Wildman–Crippen LogP) is 0.193. The standard InChI is InChI=1S/C13H20N4O2/c1-18-12-6-13(14)15-7-11(12)17-4-2-16(3-5-17)10-8-19-9-10/h6-7,10H,2-5,8-9H2,1H3,(H2,14,15). The van der Waals surface area contributed by atoms with Crippen LogP contribution in [0.2, 0.25) is 0 Å². The SMILES string of the molecule is COc1cc(N)ncc1N1CCN(C2COC2)CC1. The molecule has 0 amide bonds. The molecule has 0 aromatic carbocycles. The van der Waals surface area contributed by atoms with Gasteiger partial charge in [-0.05, 0) is 0 Å². The molecule has 0 spiro atoms. The summed E-state index contributed by atoms with van der Waals surface area (Å²) >= 11 is 0. The van der Waals surface area contributed by atoms with Crippen molar-refractivity contribution in [3.05, 3.63) is 12.3 Å². The Labute approximate surface area is 113 Å². The van der Waals surface area contributed by atoms with Crippen LogP contribution < -0.4 is 15.4 Å². The molecule has 1 aromatic rings. The van der Waals surface area contributed by atoms with E-state index in [1.165, 1.54) is 0 Å². The minimum atomic E-state index is 0.492. The molecule has 0 atom stereocenters. The van der Waals surface area contributed by atoms with Crippen molar-refractivity contribution in [3.8, 4) is 5.75 Å². The third-order valence-electron chi connectivity index (χ3n) is 3.88. The Balaban J connectivity index is 1.67. The summed E-state index contributed by atoms with van der Waals surface area (Å²) in [6.07, 6.45) is 1.80. The summed E-state index contributed by atoms with van der Waals surface area (Å²) in [7, 11) is 1.67. The Morgan fingerprint density at radius 2 is 2.05 bits per heavy atom. The Hall–Kier alpha value is -1.53. The van der Waals surface area contributed by atoms with E-state index in [-0.39, 0.29) is 0 Å². The predicted molar refractivity (Wildman–Crippen MR) is 73.6 cm³/mol. The highest BCUT2D eigenvalue weighted by atomic mass is 16.5. The summed E-state index contributed by atoms with van der Waals surface area (Å²) in [5, 5.41) is 0. The second-order valence-corrected chi connectivity index (χ2v) is 5.00. The van der Waals surface area contributed by atoms with Crippen molar-refractivity contribution in [2.24, 2.45) is 0 Å². The van der Waals surface area contributed by atoms with Gasteiger partial charge < -0.3 is 20.1 Å². The number of methoxy groups -OCH3 is 1. The highest BCUT2D eigenvalue weighted by Crippen LogP contribution is 2.29. The highest BCUT2D eigenvalue weighted by Gasteiger charge is 2.29. The van der Waals surface area contributed by atoms with Crippen LogP contribution in [0, 0.1) is 0 Å². The summed E-state index contributed by atoms with van der Waals surface area (Å²) in [5.74, 6) is 1.29. The first kappa shape index (κ1) is 12.5. The lowest BCUT2D eigenvalue weighted by atomic mass is 10.1. The molecule has 2 fully saturated rings. The van der Waals surface area contributed by atoms with Crippen LogP contribution in [-0.4, -0.2) is 62.4 Å². The molecular weight excluding hydrogens is 244 g/mol. The van der Waals surface area contributed by atoms with Gasteiger partial charge in [0, 0.05) is 32.2 Å². The van der Waals surface area contributed by atoms with Crippen LogP contribution in [0.4, 0.5) is 11.5 Å². The van der Waals surface area contributed by atoms with Gasteiger partial charge in [0.15, 0.2) is 0 Å². The molecule has 6 heteroatoms. The van der Waals surface area contributed by atoms with Crippen molar-refractivity contribution in [1.82, 2.24) is 9.88 Å². The number of piperazine rings is 1. The van der Waals surface area contributed by atoms with E-state index in [9.17, 15) is 0 Å². The lowest BCUT2D eigenvalue weighted by Crippen LogP contribution is -2.56. The smallest absolute Gasteiger partial charge is 0.147 e. The molecule has 2 aliphatic heterocycles. The van der Waals surface area contributed by atoms with Crippen molar-refractivity contribution in [2.45, 2.75) is 6.04 Å². The van der Waals surface area contributed by atoms with Crippen LogP contribution in [0.1, 0.15) is 0 Å². The van der Waals surface area contributed by atoms with E-state index in [0.29, 0.717) is 11.9 Å². The molecule has 6 nitrogen and oxygen atoms in total. The molecule has 0 radical (unpaired) electrons. The molecule has 19 heavy (non-hydrogen) atoms. The molecule has 0 aliphatic carbocycles. The fraction of sp³-hybridized carbons (Fsp3) is 0.615. The van der Waals surface area contributed by atoms with E-state index in [1.807, 2.05) is 0 Å². The van der Waals surface area contributed by atoms with Gasteiger partial charge in [-0.25, -0.2) is 4.98 Å². The minimum Gasteiger partial charge on any atom is -0.494 e. The second-order valence-electron chi connectivity index (χ2n) is 5.00. The van der Waals surface area contributed by atoms with Crippen molar-refractivity contribution in [3.63, 3.8) is 0 Å². The van der Waals surface area contributed by atoms with Crippen LogP contribution >= 0.6 is 0 Å². The summed E-state index contributed by atoms with van der Waals surface area (Å²) in [6.45, 7) is 5.85. The Morgan fingerprint density at radius 1 is 1.32 bits per heavy atom. The summed E-state index contributed by atoms with van der Waals surface area (Å²) in [5.41, 5.74) is 6.72. The molecule has 2 saturated heterocycles. The average molecular weight is 264 g/mol. The maximum Gasteiger partial charge on any atom is 0.147 e. The summed E-state index contributed by atoms with van der Waals surface area (Å²) in [4.78, 5) is 8.97. The Morgan fingerprint density at radius 3 is 2.63 bits per heavy atom. The van der Waals surface area contributed by atoms with Gasteiger partial charge in [0.1, 0.15) is 11.6 Å². The van der Waals surface area contributed by atoms with Crippen molar-refractivity contribution in [1.29, 1.82) is 0 Å². The molecule has 0 unspecified atom stereocenters. The van der Waals surface area contributed by atoms with E-state index >= 15 is 0 Å². The monoisotopic (exact) mass is 264 g/mol. The number of aromatic nitrogens is 1. The van der Waals surface area contributed by atoms with Crippen LogP contribution in [-0.2, 0) is 4.74 Å². The van der Waals surface area contributed by atoms with Crippen LogP contribution in [0.25, 0.3) is 0 Å². The zero-order valence-corrected chi connectivity index (χ0v) is 11.2. The second kappa shape index (κ2) is 5.22. The van der Waals surface area contributed by atoms with Gasteiger partial charge in [0.2, 0.25) is 0 Å². The molecule has 0 saturated carbocycles. The van der Waals surface area contributed by atoms with Gasteiger partial charge in [-0.1, -0.05) is 0 Å². The van der Waals surface area contributed by atoms with Crippen LogP contribution in [0.15, 0.2) is 12.3 Å². The van der Waals surface area contributed by atoms with Gasteiger partial charge in [-0.15, -0.1) is 0 Å². The van der Waals surface area contributed by atoms with Gasteiger partial charge in [0.05, 0.1) is 38.2 Å². The van der Waals surface area contributed by atoms with E-state index in [0.717, 1.165) is 50.8 Å². The van der Waals surface area contributed by atoms with E-state index in [4.69, 9.17) is 15.2 Å². The van der Waals surface area contributed by atoms with E-state index < -0.39 is 0 Å². The molecule has 1 aromatic heterocycles. The number of nitrogens with zero attached hydrogens (tertiary/aromatic N) is 3. The normalized spacial score (nSPS) is 21.2. The Bertz CT molecular complexity index is 442. The first-order valence-electron chi connectivity index (χ1n) is 6.64. The highest BCUT2D eigenvalue weighted by molar-refractivity contribution is 5.60. The maximum absolute atomic E-state index is 5.69. The van der Waals surface area contributed by atoms with Gasteiger partial charge >= 0.3 is 0 Å². The molecule has 2 N–H and O–H groups in total. The average Bonchev–Trinajstić information content (AvgIpc) is 2.38. The van der Waals surface area contributed by atoms with E-state index in [1.54, 1.807) is 19.4 Å². The number of nitrogen functional groups attached to an aromatic ring is 1. The Kier molecular flexibility index (Phi) is 3.44. The number of hydrogen-bond acceptors (Lipinski definition) is 6. The van der Waals surface area contributed by atoms with E-state index in [2.05, 4.69) is 14.8 Å². The molecule has 3 rings (SSSR count). The molecule has 104 valence electrons. The van der Waals surface area contributed by atoms with Crippen molar-refractivity contribution in [2.75, 3.05) is 57.1 Å². The first-order chi connectivity index (χ1) is 9.28. The maximum atomic E-state index is 5.69. The van der Waals surface area contributed by atoms with Gasteiger partial charge in [0.25, 0.3) is 0 Å². The molecular formula is C13H20N4O2. The fourth-order valence-electron chi connectivity index (χ4n) is 2.61. The fourth-order valence-corrected chi connectivity index (χ4v) is 2.61. The van der Waals surface area contributed by atoms with Crippen LogP contribution in [0.3, 0.4) is 0 Å². The molecule has 3 heterocycles. The summed E-state index contributed by atoms with van der Waals surface area (Å²) < 4.78 is 10.6. The lowest BCUT2D eigenvalue weighted by Gasteiger charge is -2.43. The number of pyridine rings is 1. The van der Waals surface area contributed by atoms with Crippen molar-refractivity contribution >= 4 is 11.5 Å². The van der Waals surface area contributed by atoms with Gasteiger partial charge in [-0.3, -0.25) is 4.90 Å². The zero-order chi connectivity index (χ0) is 13.2. The number of ether oxygens (including phenoxy) is 2. The molecule has 0 bridgehead atoms. The van der Waals surface area contributed by atoms with Crippen molar-refractivity contribution < 1.29 is 9.47 Å². The third-order valence-corrected chi connectivity index (χ3v) is 3.88. The zero-order valence-electron chi connectivity index (χ0n) is 11.2. The minimum absolute atomic E-state index is 0.492. The lowest BCUT2D eigenvalue weighted by molar-refractivity contribution is -0.0660. The number of nitrogens with two attached hydrogens (primary N) is 1.